The van der Waals surface area contributed by atoms with Crippen molar-refractivity contribution in [3.05, 3.63) is 35.3 Å². The number of esters is 1. The molecule has 0 aliphatic heterocycles. The topological polar surface area (TPSA) is 59.4 Å². The predicted molar refractivity (Wildman–Crippen MR) is 60.6 cm³/mol. The second-order valence-corrected chi connectivity index (χ2v) is 3.99. The van der Waals surface area contributed by atoms with Crippen molar-refractivity contribution in [2.24, 2.45) is 0 Å². The van der Waals surface area contributed by atoms with E-state index in [1.54, 1.807) is 18.3 Å². The van der Waals surface area contributed by atoms with Crippen molar-refractivity contribution < 1.29 is 14.6 Å². The molecule has 0 radical (unpaired) electrons. The molecule has 0 saturated heterocycles. The van der Waals surface area contributed by atoms with Crippen molar-refractivity contribution in [2.45, 2.75) is 0 Å². The molecule has 1 aromatic carbocycles. The maximum atomic E-state index is 11.3. The first-order chi connectivity index (χ1) is 7.70. The Labute approximate surface area is 96.1 Å². The van der Waals surface area contributed by atoms with E-state index in [9.17, 15) is 9.90 Å². The largest absolute Gasteiger partial charge is 0.508 e. The van der Waals surface area contributed by atoms with Crippen LogP contribution >= 0.6 is 11.3 Å². The highest BCUT2D eigenvalue weighted by atomic mass is 32.1. The Balaban J connectivity index is 2.48. The van der Waals surface area contributed by atoms with Gasteiger partial charge >= 0.3 is 5.97 Å². The molecule has 16 heavy (non-hydrogen) atoms. The molecule has 0 fully saturated rings. The van der Waals surface area contributed by atoms with Gasteiger partial charge in [-0.05, 0) is 18.2 Å². The van der Waals surface area contributed by atoms with Gasteiger partial charge in [-0.1, -0.05) is 0 Å². The highest BCUT2D eigenvalue weighted by Gasteiger charge is 2.10. The van der Waals surface area contributed by atoms with Gasteiger partial charge in [0.15, 0.2) is 0 Å². The van der Waals surface area contributed by atoms with Gasteiger partial charge in [0.05, 0.1) is 12.7 Å². The van der Waals surface area contributed by atoms with E-state index in [1.165, 1.54) is 24.5 Å². The maximum absolute atomic E-state index is 11.3. The Morgan fingerprint density at radius 2 is 2.25 bits per heavy atom. The Hall–Kier alpha value is -1.88. The summed E-state index contributed by atoms with van der Waals surface area (Å²) in [6.07, 6.45) is 1.67. The summed E-state index contributed by atoms with van der Waals surface area (Å²) in [5.41, 5.74) is 1.02. The van der Waals surface area contributed by atoms with Gasteiger partial charge in [-0.15, -0.1) is 11.3 Å². The smallest absolute Gasteiger partial charge is 0.338 e. The van der Waals surface area contributed by atoms with Gasteiger partial charge in [0.1, 0.15) is 10.8 Å². The number of hydrogen-bond acceptors (Lipinski definition) is 5. The number of aromatic hydroxyl groups is 1. The number of rotatable bonds is 2. The Bertz CT molecular complexity index is 508. The fraction of sp³-hybridized carbons (Fsp3) is 0.0909. The van der Waals surface area contributed by atoms with Crippen molar-refractivity contribution >= 4 is 17.3 Å². The summed E-state index contributed by atoms with van der Waals surface area (Å²) in [7, 11) is 1.30. The fourth-order valence-corrected chi connectivity index (χ4v) is 1.96. The zero-order valence-corrected chi connectivity index (χ0v) is 9.32. The van der Waals surface area contributed by atoms with Crippen LogP contribution in [0.15, 0.2) is 29.8 Å². The van der Waals surface area contributed by atoms with Crippen molar-refractivity contribution in [1.82, 2.24) is 4.98 Å². The molecule has 0 atom stereocenters. The standard InChI is InChI=1S/C11H9NO3S/c1-15-11(14)8-4-7(5-9(13)6-8)10-12-2-3-16-10/h2-6,13H,1H3. The number of phenols is 1. The van der Waals surface area contributed by atoms with Crippen LogP contribution in [0.1, 0.15) is 10.4 Å². The third-order valence-corrected chi connectivity index (χ3v) is 2.84. The molecule has 1 heterocycles. The van der Waals surface area contributed by atoms with Gasteiger partial charge in [0.25, 0.3) is 0 Å². The van der Waals surface area contributed by atoms with E-state index in [-0.39, 0.29) is 5.75 Å². The van der Waals surface area contributed by atoms with Gasteiger partial charge in [0.2, 0.25) is 0 Å². The molecule has 4 nitrogen and oxygen atoms in total. The molecule has 0 saturated carbocycles. The summed E-state index contributed by atoms with van der Waals surface area (Å²) in [6.45, 7) is 0. The molecular weight excluding hydrogens is 226 g/mol. The number of carbonyl (C=O) groups is 1. The number of hydrogen-bond donors (Lipinski definition) is 1. The van der Waals surface area contributed by atoms with Crippen LogP contribution in [-0.4, -0.2) is 23.2 Å². The predicted octanol–water partition coefficient (Wildman–Crippen LogP) is 2.30. The van der Waals surface area contributed by atoms with Crippen LogP contribution in [-0.2, 0) is 4.74 Å². The first-order valence-corrected chi connectivity index (χ1v) is 5.41. The van der Waals surface area contributed by atoms with E-state index < -0.39 is 5.97 Å². The molecule has 1 aromatic heterocycles. The Kier molecular flexibility index (Phi) is 2.87. The zero-order chi connectivity index (χ0) is 11.5. The summed E-state index contributed by atoms with van der Waals surface area (Å²) >= 11 is 1.44. The third-order valence-electron chi connectivity index (χ3n) is 2.02. The maximum Gasteiger partial charge on any atom is 0.338 e. The van der Waals surface area contributed by atoms with Gasteiger partial charge in [-0.25, -0.2) is 9.78 Å². The molecule has 5 heteroatoms. The van der Waals surface area contributed by atoms with Gasteiger partial charge in [-0.3, -0.25) is 0 Å². The fourth-order valence-electron chi connectivity index (χ4n) is 1.34. The van der Waals surface area contributed by atoms with Crippen molar-refractivity contribution in [2.75, 3.05) is 7.11 Å². The quantitative estimate of drug-likeness (QED) is 0.811. The first-order valence-electron chi connectivity index (χ1n) is 4.53. The first kappa shape index (κ1) is 10.6. The minimum Gasteiger partial charge on any atom is -0.508 e. The SMILES string of the molecule is COC(=O)c1cc(O)cc(-c2nccs2)c1. The normalized spacial score (nSPS) is 10.1. The lowest BCUT2D eigenvalue weighted by atomic mass is 10.1. The lowest BCUT2D eigenvalue weighted by Gasteiger charge is -2.03. The van der Waals surface area contributed by atoms with E-state index in [2.05, 4.69) is 9.72 Å². The van der Waals surface area contributed by atoms with E-state index in [0.29, 0.717) is 11.1 Å². The van der Waals surface area contributed by atoms with Crippen molar-refractivity contribution in [3.8, 4) is 16.3 Å². The van der Waals surface area contributed by atoms with Crippen LogP contribution in [0.5, 0.6) is 5.75 Å². The molecule has 0 amide bonds. The second-order valence-electron chi connectivity index (χ2n) is 3.10. The molecular formula is C11H9NO3S. The average molecular weight is 235 g/mol. The molecule has 0 bridgehead atoms. The van der Waals surface area contributed by atoms with E-state index >= 15 is 0 Å². The van der Waals surface area contributed by atoms with Crippen LogP contribution in [0.2, 0.25) is 0 Å². The summed E-state index contributed by atoms with van der Waals surface area (Å²) in [5, 5.41) is 12.1. The second kappa shape index (κ2) is 4.32. The van der Waals surface area contributed by atoms with Crippen molar-refractivity contribution in [1.29, 1.82) is 0 Å². The minimum atomic E-state index is -0.478. The molecule has 0 unspecified atom stereocenters. The molecule has 82 valence electrons. The summed E-state index contributed by atoms with van der Waals surface area (Å²) in [6, 6.07) is 4.57. The minimum absolute atomic E-state index is 0.0214. The number of phenolic OH excluding ortho intramolecular Hbond substituents is 1. The zero-order valence-electron chi connectivity index (χ0n) is 8.51. The van der Waals surface area contributed by atoms with Crippen LogP contribution in [0.4, 0.5) is 0 Å². The summed E-state index contributed by atoms with van der Waals surface area (Å²) in [5.74, 6) is -0.457. The molecule has 0 aliphatic carbocycles. The number of nitrogens with zero attached hydrogens (tertiary/aromatic N) is 1. The monoisotopic (exact) mass is 235 g/mol. The molecule has 1 N–H and O–H groups in total. The lowest BCUT2D eigenvalue weighted by Crippen LogP contribution is -2.00. The highest BCUT2D eigenvalue weighted by molar-refractivity contribution is 7.13. The average Bonchev–Trinajstić information content (AvgIpc) is 2.80. The highest BCUT2D eigenvalue weighted by Crippen LogP contribution is 2.27. The lowest BCUT2D eigenvalue weighted by molar-refractivity contribution is 0.0600. The summed E-state index contributed by atoms with van der Waals surface area (Å²) in [4.78, 5) is 15.4. The number of aromatic nitrogens is 1. The van der Waals surface area contributed by atoms with E-state index in [0.717, 1.165) is 5.01 Å². The van der Waals surface area contributed by atoms with E-state index in [1.807, 2.05) is 5.38 Å². The van der Waals surface area contributed by atoms with Crippen LogP contribution in [0.3, 0.4) is 0 Å². The van der Waals surface area contributed by atoms with Gasteiger partial charge in [0, 0.05) is 17.1 Å². The number of benzene rings is 1. The van der Waals surface area contributed by atoms with E-state index in [4.69, 9.17) is 0 Å². The van der Waals surface area contributed by atoms with Gasteiger partial charge < -0.3 is 9.84 Å². The van der Waals surface area contributed by atoms with Crippen LogP contribution in [0, 0.1) is 0 Å². The third kappa shape index (κ3) is 2.04. The molecule has 0 spiro atoms. The Morgan fingerprint density at radius 3 is 2.88 bits per heavy atom. The number of thiazole rings is 1. The van der Waals surface area contributed by atoms with Crippen LogP contribution in [0.25, 0.3) is 10.6 Å². The molecule has 2 aromatic rings. The Morgan fingerprint density at radius 1 is 1.44 bits per heavy atom. The summed E-state index contributed by atoms with van der Waals surface area (Å²) < 4.78 is 4.60. The number of carbonyl (C=O) groups excluding carboxylic acids is 1. The number of ether oxygens (including phenoxy) is 1. The molecule has 0 aliphatic rings. The van der Waals surface area contributed by atoms with Crippen molar-refractivity contribution in [3.63, 3.8) is 0 Å². The van der Waals surface area contributed by atoms with Crippen LogP contribution < -0.4 is 0 Å². The number of methoxy groups -OCH3 is 1. The van der Waals surface area contributed by atoms with Gasteiger partial charge in [-0.2, -0.15) is 0 Å². The molecule has 2 rings (SSSR count).